The van der Waals surface area contributed by atoms with E-state index in [1.807, 2.05) is 32.0 Å². The van der Waals surface area contributed by atoms with Gasteiger partial charge in [-0.3, -0.25) is 14.4 Å². The number of hydrazone groups is 1. The number of anilines is 1. The highest BCUT2D eigenvalue weighted by atomic mass is 16.5. The molecule has 33 heavy (non-hydrogen) atoms. The van der Waals surface area contributed by atoms with Crippen molar-refractivity contribution in [2.45, 2.75) is 20.4 Å². The molecule has 0 bridgehead atoms. The van der Waals surface area contributed by atoms with Gasteiger partial charge in [0.15, 0.2) is 6.61 Å². The molecule has 0 aliphatic rings. The third kappa shape index (κ3) is 7.06. The molecule has 0 radical (unpaired) electrons. The van der Waals surface area contributed by atoms with Crippen LogP contribution in [0.3, 0.4) is 0 Å². The number of hydrogen-bond donors (Lipinski definition) is 3. The van der Waals surface area contributed by atoms with Crippen molar-refractivity contribution in [2.75, 3.05) is 11.9 Å². The molecule has 3 rings (SSSR count). The molecule has 0 unspecified atom stereocenters. The normalized spacial score (nSPS) is 10.6. The Labute approximate surface area is 190 Å². The Morgan fingerprint density at radius 1 is 1.03 bits per heavy atom. The van der Waals surface area contributed by atoms with E-state index in [1.54, 1.807) is 36.4 Å². The van der Waals surface area contributed by atoms with Crippen LogP contribution >= 0.6 is 0 Å². The van der Waals surface area contributed by atoms with Crippen molar-refractivity contribution < 1.29 is 23.5 Å². The Morgan fingerprint density at radius 3 is 2.64 bits per heavy atom. The van der Waals surface area contributed by atoms with E-state index in [2.05, 4.69) is 21.2 Å². The zero-order valence-electron chi connectivity index (χ0n) is 18.3. The highest BCUT2D eigenvalue weighted by molar-refractivity contribution is 6.35. The van der Waals surface area contributed by atoms with Crippen LogP contribution in [0.5, 0.6) is 5.75 Å². The Kier molecular flexibility index (Phi) is 7.96. The van der Waals surface area contributed by atoms with Crippen LogP contribution < -0.4 is 20.8 Å². The van der Waals surface area contributed by atoms with Gasteiger partial charge in [-0.2, -0.15) is 5.10 Å². The molecule has 0 aliphatic carbocycles. The van der Waals surface area contributed by atoms with Crippen LogP contribution in [-0.4, -0.2) is 30.5 Å². The fourth-order valence-electron chi connectivity index (χ4n) is 2.78. The lowest BCUT2D eigenvalue weighted by Gasteiger charge is -2.11. The summed E-state index contributed by atoms with van der Waals surface area (Å²) < 4.78 is 10.6. The molecule has 0 saturated heterocycles. The van der Waals surface area contributed by atoms with Gasteiger partial charge in [0.1, 0.15) is 11.5 Å². The molecular weight excluding hydrogens is 424 g/mol. The van der Waals surface area contributed by atoms with Crippen LogP contribution in [0.15, 0.2) is 70.4 Å². The first kappa shape index (κ1) is 23.3. The van der Waals surface area contributed by atoms with Crippen molar-refractivity contribution in [1.29, 1.82) is 0 Å². The molecule has 3 N–H and O–H groups in total. The Morgan fingerprint density at radius 2 is 1.85 bits per heavy atom. The Balaban J connectivity index is 1.46. The molecule has 0 saturated carbocycles. The van der Waals surface area contributed by atoms with Crippen molar-refractivity contribution in [3.8, 4) is 5.75 Å². The van der Waals surface area contributed by atoms with Gasteiger partial charge in [0, 0.05) is 5.69 Å². The lowest BCUT2D eigenvalue weighted by Crippen LogP contribution is -2.37. The highest BCUT2D eigenvalue weighted by Gasteiger charge is 2.12. The average Bonchev–Trinajstić information content (AvgIpc) is 3.33. The fourth-order valence-corrected chi connectivity index (χ4v) is 2.78. The molecule has 2 aromatic carbocycles. The fraction of sp³-hybridized carbons (Fsp3) is 0.167. The number of furan rings is 1. The minimum absolute atomic E-state index is 0.0966. The van der Waals surface area contributed by atoms with Crippen LogP contribution in [0.1, 0.15) is 22.5 Å². The summed E-state index contributed by atoms with van der Waals surface area (Å²) in [5, 5.41) is 9.02. The lowest BCUT2D eigenvalue weighted by atomic mass is 10.1. The van der Waals surface area contributed by atoms with Crippen LogP contribution in [0.4, 0.5) is 5.69 Å². The largest absolute Gasteiger partial charge is 0.484 e. The van der Waals surface area contributed by atoms with Gasteiger partial charge in [0.05, 0.1) is 19.0 Å². The number of ether oxygens (including phenoxy) is 1. The molecule has 170 valence electrons. The van der Waals surface area contributed by atoms with Crippen molar-refractivity contribution in [1.82, 2.24) is 10.7 Å². The van der Waals surface area contributed by atoms with Gasteiger partial charge in [0.2, 0.25) is 0 Å². The van der Waals surface area contributed by atoms with Crippen molar-refractivity contribution in [3.63, 3.8) is 0 Å². The van der Waals surface area contributed by atoms with Gasteiger partial charge in [0.25, 0.3) is 5.91 Å². The van der Waals surface area contributed by atoms with Crippen LogP contribution in [0.2, 0.25) is 0 Å². The molecule has 0 atom stereocenters. The number of rotatable bonds is 8. The summed E-state index contributed by atoms with van der Waals surface area (Å²) in [7, 11) is 0. The first-order valence-electron chi connectivity index (χ1n) is 10.1. The minimum atomic E-state index is -0.909. The highest BCUT2D eigenvalue weighted by Crippen LogP contribution is 2.18. The van der Waals surface area contributed by atoms with Crippen LogP contribution in [0, 0.1) is 13.8 Å². The maximum atomic E-state index is 12.2. The van der Waals surface area contributed by atoms with E-state index >= 15 is 0 Å². The van der Waals surface area contributed by atoms with Crippen molar-refractivity contribution >= 4 is 29.6 Å². The van der Waals surface area contributed by atoms with E-state index in [0.717, 1.165) is 16.8 Å². The molecule has 9 heteroatoms. The van der Waals surface area contributed by atoms with Gasteiger partial charge < -0.3 is 19.8 Å². The molecule has 0 spiro atoms. The second-order valence-electron chi connectivity index (χ2n) is 7.12. The first-order valence-corrected chi connectivity index (χ1v) is 10.1. The van der Waals surface area contributed by atoms with Crippen LogP contribution in [-0.2, 0) is 20.9 Å². The van der Waals surface area contributed by atoms with Gasteiger partial charge in [-0.15, -0.1) is 0 Å². The minimum Gasteiger partial charge on any atom is -0.484 e. The van der Waals surface area contributed by atoms with Gasteiger partial charge in [-0.05, 0) is 60.9 Å². The van der Waals surface area contributed by atoms with E-state index in [-0.39, 0.29) is 19.1 Å². The molecular formula is C24H24N4O5. The van der Waals surface area contributed by atoms with Gasteiger partial charge in [-0.25, -0.2) is 5.43 Å². The second-order valence-corrected chi connectivity index (χ2v) is 7.12. The standard InChI is InChI=1S/C24H24N4O5/c1-16-6-3-10-21(17(16)2)27-22(29)15-33-19-8-4-7-18(12-19)13-26-28-24(31)23(30)25-14-20-9-5-11-32-20/h3-13H,14-15H2,1-2H3,(H,25,30)(H,27,29)(H,28,31)/b26-13-. The van der Waals surface area contributed by atoms with Crippen molar-refractivity contribution in [2.24, 2.45) is 5.10 Å². The SMILES string of the molecule is Cc1cccc(NC(=O)COc2cccc(/C=N\NC(=O)C(=O)NCc3ccco3)c2)c1C. The van der Waals surface area contributed by atoms with E-state index in [9.17, 15) is 14.4 Å². The molecule has 0 fully saturated rings. The number of nitrogens with one attached hydrogen (secondary N) is 3. The van der Waals surface area contributed by atoms with Gasteiger partial charge >= 0.3 is 11.8 Å². The maximum absolute atomic E-state index is 12.2. The van der Waals surface area contributed by atoms with Gasteiger partial charge in [-0.1, -0.05) is 24.3 Å². The summed E-state index contributed by atoms with van der Waals surface area (Å²) in [6.07, 6.45) is 2.84. The maximum Gasteiger partial charge on any atom is 0.329 e. The van der Waals surface area contributed by atoms with E-state index in [1.165, 1.54) is 12.5 Å². The monoisotopic (exact) mass is 448 g/mol. The van der Waals surface area contributed by atoms with E-state index in [4.69, 9.17) is 9.15 Å². The molecule has 3 amide bonds. The average molecular weight is 448 g/mol. The van der Waals surface area contributed by atoms with E-state index < -0.39 is 11.8 Å². The second kappa shape index (κ2) is 11.3. The van der Waals surface area contributed by atoms with E-state index in [0.29, 0.717) is 17.1 Å². The smallest absolute Gasteiger partial charge is 0.329 e. The molecule has 0 aliphatic heterocycles. The quantitative estimate of drug-likeness (QED) is 0.278. The zero-order chi connectivity index (χ0) is 23.6. The summed E-state index contributed by atoms with van der Waals surface area (Å²) in [5.74, 6) is -1.05. The molecule has 1 aromatic heterocycles. The number of amides is 3. The summed E-state index contributed by atoms with van der Waals surface area (Å²) in [6.45, 7) is 3.85. The number of nitrogens with zero attached hydrogens (tertiary/aromatic N) is 1. The predicted octanol–water partition coefficient (Wildman–Crippen LogP) is 2.68. The number of carbonyl (C=O) groups is 3. The number of carbonyl (C=O) groups excluding carboxylic acids is 3. The number of aryl methyl sites for hydroxylation is 1. The third-order valence-electron chi connectivity index (χ3n) is 4.70. The first-order chi connectivity index (χ1) is 15.9. The Hall–Kier alpha value is -4.40. The predicted molar refractivity (Wildman–Crippen MR) is 123 cm³/mol. The molecule has 9 nitrogen and oxygen atoms in total. The van der Waals surface area contributed by atoms with Crippen molar-refractivity contribution in [3.05, 3.63) is 83.3 Å². The zero-order valence-corrected chi connectivity index (χ0v) is 18.3. The molecule has 3 aromatic rings. The number of benzene rings is 2. The third-order valence-corrected chi connectivity index (χ3v) is 4.70. The summed E-state index contributed by atoms with van der Waals surface area (Å²) in [6, 6.07) is 15.9. The Bertz CT molecular complexity index is 1160. The lowest BCUT2D eigenvalue weighted by molar-refractivity contribution is -0.139. The summed E-state index contributed by atoms with van der Waals surface area (Å²) in [4.78, 5) is 35.8. The topological polar surface area (TPSA) is 122 Å². The number of hydrogen-bond acceptors (Lipinski definition) is 6. The molecule has 1 heterocycles. The summed E-state index contributed by atoms with van der Waals surface area (Å²) >= 11 is 0. The summed E-state index contributed by atoms with van der Waals surface area (Å²) in [5.41, 5.74) is 5.59. The van der Waals surface area contributed by atoms with Crippen LogP contribution in [0.25, 0.3) is 0 Å².